The van der Waals surface area contributed by atoms with Gasteiger partial charge < -0.3 is 15.0 Å². The second-order valence-electron chi connectivity index (χ2n) is 5.96. The number of para-hydroxylation sites is 1. The normalized spacial score (nSPS) is 21.0. The van der Waals surface area contributed by atoms with Crippen molar-refractivity contribution in [2.45, 2.75) is 25.6 Å². The first-order valence-electron chi connectivity index (χ1n) is 8.01. The number of hydrogen-bond donors (Lipinski definition) is 1. The number of amides is 2. The van der Waals surface area contributed by atoms with Crippen LogP contribution in [0.2, 0.25) is 0 Å². The fraction of sp³-hybridized carbons (Fsp3) is 0.316. The zero-order valence-corrected chi connectivity index (χ0v) is 13.3. The molecule has 2 atom stereocenters. The van der Waals surface area contributed by atoms with Crippen molar-refractivity contribution in [3.05, 3.63) is 66.2 Å². The van der Waals surface area contributed by atoms with Gasteiger partial charge in [0.1, 0.15) is 0 Å². The van der Waals surface area contributed by atoms with E-state index in [1.54, 1.807) is 0 Å². The van der Waals surface area contributed by atoms with Crippen molar-refractivity contribution in [1.82, 2.24) is 4.90 Å². The molecule has 0 saturated carbocycles. The molecule has 1 aliphatic rings. The standard InChI is InChI=1S/C19H22N2O2/c1-15-13-21(19(22)20-17-10-6-3-7-11-17)14-18(23-15)12-16-8-4-2-5-9-16/h2-11,15,18H,12-14H2,1H3,(H,20,22). The largest absolute Gasteiger partial charge is 0.371 e. The third kappa shape index (κ3) is 4.33. The Labute approximate surface area is 137 Å². The Hall–Kier alpha value is -2.33. The summed E-state index contributed by atoms with van der Waals surface area (Å²) in [6, 6.07) is 19.7. The van der Waals surface area contributed by atoms with E-state index in [1.165, 1.54) is 5.56 Å². The van der Waals surface area contributed by atoms with Gasteiger partial charge in [0.15, 0.2) is 0 Å². The van der Waals surface area contributed by atoms with Crippen LogP contribution in [0.4, 0.5) is 10.5 Å². The van der Waals surface area contributed by atoms with Crippen LogP contribution in [0.1, 0.15) is 12.5 Å². The number of hydrogen-bond acceptors (Lipinski definition) is 2. The van der Waals surface area contributed by atoms with Crippen LogP contribution in [0.5, 0.6) is 0 Å². The molecule has 0 aliphatic carbocycles. The first-order valence-corrected chi connectivity index (χ1v) is 8.01. The van der Waals surface area contributed by atoms with E-state index in [-0.39, 0.29) is 18.2 Å². The molecule has 2 amide bonds. The summed E-state index contributed by atoms with van der Waals surface area (Å²) in [7, 11) is 0. The second-order valence-corrected chi connectivity index (χ2v) is 5.96. The summed E-state index contributed by atoms with van der Waals surface area (Å²) >= 11 is 0. The lowest BCUT2D eigenvalue weighted by atomic mass is 10.1. The van der Waals surface area contributed by atoms with Crippen LogP contribution in [-0.4, -0.2) is 36.2 Å². The van der Waals surface area contributed by atoms with Gasteiger partial charge in [0, 0.05) is 25.2 Å². The average Bonchev–Trinajstić information content (AvgIpc) is 2.56. The molecule has 1 fully saturated rings. The van der Waals surface area contributed by atoms with Crippen LogP contribution in [0.15, 0.2) is 60.7 Å². The molecule has 23 heavy (non-hydrogen) atoms. The molecule has 2 aromatic carbocycles. The summed E-state index contributed by atoms with van der Waals surface area (Å²) in [6.07, 6.45) is 0.891. The Morgan fingerprint density at radius 1 is 1.09 bits per heavy atom. The number of morpholine rings is 1. The molecule has 0 spiro atoms. The van der Waals surface area contributed by atoms with E-state index in [4.69, 9.17) is 4.74 Å². The predicted molar refractivity (Wildman–Crippen MR) is 91.5 cm³/mol. The summed E-state index contributed by atoms with van der Waals surface area (Å²) in [5.41, 5.74) is 2.05. The van der Waals surface area contributed by atoms with Crippen LogP contribution >= 0.6 is 0 Å². The van der Waals surface area contributed by atoms with Gasteiger partial charge in [-0.25, -0.2) is 4.79 Å². The number of benzene rings is 2. The Morgan fingerprint density at radius 3 is 2.43 bits per heavy atom. The van der Waals surface area contributed by atoms with E-state index < -0.39 is 0 Å². The first kappa shape index (κ1) is 15.6. The number of carbonyl (C=O) groups excluding carboxylic acids is 1. The molecular formula is C19H22N2O2. The molecule has 4 nitrogen and oxygen atoms in total. The van der Waals surface area contributed by atoms with Crippen LogP contribution in [0.3, 0.4) is 0 Å². The molecule has 0 radical (unpaired) electrons. The lowest BCUT2D eigenvalue weighted by molar-refractivity contribution is -0.0614. The van der Waals surface area contributed by atoms with Crippen LogP contribution in [-0.2, 0) is 11.2 Å². The van der Waals surface area contributed by atoms with E-state index >= 15 is 0 Å². The SMILES string of the molecule is CC1CN(C(=O)Nc2ccccc2)CC(Cc2ccccc2)O1. The second kappa shape index (κ2) is 7.29. The van der Waals surface area contributed by atoms with E-state index in [0.29, 0.717) is 13.1 Å². The van der Waals surface area contributed by atoms with E-state index in [2.05, 4.69) is 17.4 Å². The van der Waals surface area contributed by atoms with Gasteiger partial charge in [-0.05, 0) is 24.6 Å². The summed E-state index contributed by atoms with van der Waals surface area (Å²) in [5.74, 6) is 0. The van der Waals surface area contributed by atoms with Gasteiger partial charge in [-0.1, -0.05) is 48.5 Å². The minimum absolute atomic E-state index is 0.0303. The summed E-state index contributed by atoms with van der Waals surface area (Å²) in [5, 5.41) is 2.95. The number of urea groups is 1. The number of anilines is 1. The zero-order valence-electron chi connectivity index (χ0n) is 13.3. The molecule has 2 unspecified atom stereocenters. The molecule has 1 heterocycles. The molecule has 3 rings (SSSR count). The van der Waals surface area contributed by atoms with Crippen molar-refractivity contribution in [2.75, 3.05) is 18.4 Å². The highest BCUT2D eigenvalue weighted by Crippen LogP contribution is 2.17. The number of carbonyl (C=O) groups is 1. The maximum atomic E-state index is 12.5. The first-order chi connectivity index (χ1) is 11.2. The molecule has 1 N–H and O–H groups in total. The third-order valence-electron chi connectivity index (χ3n) is 3.94. The Balaban J connectivity index is 1.62. The van der Waals surface area contributed by atoms with Crippen molar-refractivity contribution >= 4 is 11.7 Å². The van der Waals surface area contributed by atoms with Gasteiger partial charge in [-0.2, -0.15) is 0 Å². The smallest absolute Gasteiger partial charge is 0.322 e. The van der Waals surface area contributed by atoms with Gasteiger partial charge in [0.05, 0.1) is 12.2 Å². The van der Waals surface area contributed by atoms with Gasteiger partial charge in [0.2, 0.25) is 0 Å². The molecule has 0 aromatic heterocycles. The maximum Gasteiger partial charge on any atom is 0.322 e. The fourth-order valence-electron chi connectivity index (χ4n) is 2.92. The predicted octanol–water partition coefficient (Wildman–Crippen LogP) is 3.55. The lowest BCUT2D eigenvalue weighted by Gasteiger charge is -2.36. The van der Waals surface area contributed by atoms with Crippen LogP contribution in [0, 0.1) is 0 Å². The third-order valence-corrected chi connectivity index (χ3v) is 3.94. The minimum atomic E-state index is -0.0654. The Kier molecular flexibility index (Phi) is 4.93. The molecule has 1 saturated heterocycles. The van der Waals surface area contributed by atoms with E-state index in [0.717, 1.165) is 12.1 Å². The highest BCUT2D eigenvalue weighted by Gasteiger charge is 2.28. The van der Waals surface area contributed by atoms with Gasteiger partial charge in [-0.3, -0.25) is 0 Å². The quantitative estimate of drug-likeness (QED) is 0.942. The minimum Gasteiger partial charge on any atom is -0.371 e. The lowest BCUT2D eigenvalue weighted by Crippen LogP contribution is -2.51. The molecule has 120 valence electrons. The van der Waals surface area contributed by atoms with Crippen LogP contribution < -0.4 is 5.32 Å². The van der Waals surface area contributed by atoms with Crippen molar-refractivity contribution in [3.63, 3.8) is 0 Å². The number of rotatable bonds is 3. The summed E-state index contributed by atoms with van der Waals surface area (Å²) in [6.45, 7) is 3.24. The van der Waals surface area contributed by atoms with E-state index in [9.17, 15) is 4.79 Å². The van der Waals surface area contributed by atoms with E-state index in [1.807, 2.05) is 60.4 Å². The van der Waals surface area contributed by atoms with Gasteiger partial charge in [-0.15, -0.1) is 0 Å². The average molecular weight is 310 g/mol. The molecule has 1 aliphatic heterocycles. The zero-order chi connectivity index (χ0) is 16.1. The monoisotopic (exact) mass is 310 g/mol. The van der Waals surface area contributed by atoms with Gasteiger partial charge >= 0.3 is 6.03 Å². The maximum absolute atomic E-state index is 12.5. The van der Waals surface area contributed by atoms with Crippen LogP contribution in [0.25, 0.3) is 0 Å². The Bertz CT molecular complexity index is 630. The topological polar surface area (TPSA) is 41.6 Å². The number of nitrogens with one attached hydrogen (secondary N) is 1. The highest BCUT2D eigenvalue weighted by molar-refractivity contribution is 5.89. The fourth-order valence-corrected chi connectivity index (χ4v) is 2.92. The van der Waals surface area contributed by atoms with Crippen molar-refractivity contribution in [2.24, 2.45) is 0 Å². The molecule has 4 heteroatoms. The molecule has 0 bridgehead atoms. The van der Waals surface area contributed by atoms with Crippen molar-refractivity contribution < 1.29 is 9.53 Å². The molecule has 2 aromatic rings. The summed E-state index contributed by atoms with van der Waals surface area (Å²) < 4.78 is 6.00. The Morgan fingerprint density at radius 2 is 1.74 bits per heavy atom. The van der Waals surface area contributed by atoms with Crippen molar-refractivity contribution in [3.8, 4) is 0 Å². The number of nitrogens with zero attached hydrogens (tertiary/aromatic N) is 1. The summed E-state index contributed by atoms with van der Waals surface area (Å²) in [4.78, 5) is 14.3. The number of ether oxygens (including phenoxy) is 1. The van der Waals surface area contributed by atoms with Gasteiger partial charge in [0.25, 0.3) is 0 Å². The highest BCUT2D eigenvalue weighted by atomic mass is 16.5. The molecular weight excluding hydrogens is 288 g/mol. The van der Waals surface area contributed by atoms with Crippen molar-refractivity contribution in [1.29, 1.82) is 0 Å².